The molecular formula is C10H10BrClO4S. The van der Waals surface area contributed by atoms with Gasteiger partial charge in [0.2, 0.25) is 0 Å². The van der Waals surface area contributed by atoms with Crippen LogP contribution in [0.1, 0.15) is 11.1 Å². The second-order valence-corrected chi connectivity index (χ2v) is 6.76. The molecule has 94 valence electrons. The number of halogens is 2. The van der Waals surface area contributed by atoms with E-state index in [1.165, 1.54) is 19.2 Å². The van der Waals surface area contributed by atoms with Crippen LogP contribution < -0.4 is 0 Å². The molecule has 0 saturated carbocycles. The highest BCUT2D eigenvalue weighted by atomic mass is 79.9. The first kappa shape index (κ1) is 14.5. The second-order valence-electron chi connectivity index (χ2n) is 3.40. The van der Waals surface area contributed by atoms with E-state index in [0.717, 1.165) is 0 Å². The first-order chi connectivity index (χ1) is 7.75. The molecule has 0 saturated heterocycles. The summed E-state index contributed by atoms with van der Waals surface area (Å²) in [7, 11) is 2.73. The summed E-state index contributed by atoms with van der Waals surface area (Å²) < 4.78 is 27.7. The van der Waals surface area contributed by atoms with Crippen molar-refractivity contribution in [1.82, 2.24) is 0 Å². The Morgan fingerprint density at radius 3 is 2.53 bits per heavy atom. The monoisotopic (exact) mass is 340 g/mol. The summed E-state index contributed by atoms with van der Waals surface area (Å²) in [6, 6.07) is 2.80. The molecule has 4 nitrogen and oxygen atoms in total. The molecule has 0 amide bonds. The van der Waals surface area contributed by atoms with E-state index >= 15 is 0 Å². The van der Waals surface area contributed by atoms with Crippen LogP contribution in [0.15, 0.2) is 21.5 Å². The fourth-order valence-corrected chi connectivity index (χ4v) is 2.54. The molecular weight excluding hydrogens is 332 g/mol. The number of carbonyl (C=O) groups excluding carboxylic acids is 1. The van der Waals surface area contributed by atoms with Gasteiger partial charge in [-0.25, -0.2) is 8.42 Å². The molecule has 17 heavy (non-hydrogen) atoms. The molecule has 1 rings (SSSR count). The molecule has 0 radical (unpaired) electrons. The van der Waals surface area contributed by atoms with Crippen molar-refractivity contribution in [1.29, 1.82) is 0 Å². The second kappa shape index (κ2) is 5.37. The van der Waals surface area contributed by atoms with Crippen molar-refractivity contribution >= 4 is 41.6 Å². The van der Waals surface area contributed by atoms with E-state index in [4.69, 9.17) is 10.7 Å². The van der Waals surface area contributed by atoms with Crippen molar-refractivity contribution in [3.8, 4) is 0 Å². The van der Waals surface area contributed by atoms with Gasteiger partial charge < -0.3 is 4.74 Å². The Labute approximate surface area is 112 Å². The van der Waals surface area contributed by atoms with Crippen LogP contribution in [0.3, 0.4) is 0 Å². The Morgan fingerprint density at radius 1 is 1.47 bits per heavy atom. The van der Waals surface area contributed by atoms with E-state index in [2.05, 4.69) is 20.7 Å². The van der Waals surface area contributed by atoms with Gasteiger partial charge in [-0.1, -0.05) is 15.9 Å². The number of benzene rings is 1. The minimum Gasteiger partial charge on any atom is -0.469 e. The lowest BCUT2D eigenvalue weighted by Crippen LogP contribution is -2.06. The molecule has 0 aliphatic heterocycles. The molecule has 0 fully saturated rings. The molecule has 0 atom stereocenters. The third-order valence-corrected chi connectivity index (χ3v) is 4.62. The SMILES string of the molecule is COC(=O)Cc1cc(S(=O)(=O)Cl)cc(C)c1Br. The molecule has 0 spiro atoms. The highest BCUT2D eigenvalue weighted by Gasteiger charge is 2.16. The van der Waals surface area contributed by atoms with Gasteiger partial charge in [0, 0.05) is 15.2 Å². The summed E-state index contributed by atoms with van der Waals surface area (Å²) in [5, 5.41) is 0. The standard InChI is InChI=1S/C10H10BrClO4S/c1-6-3-8(17(12,14)15)4-7(10(6)11)5-9(13)16-2/h3-4H,5H2,1-2H3. The van der Waals surface area contributed by atoms with Gasteiger partial charge in [-0.3, -0.25) is 4.79 Å². The molecule has 0 N–H and O–H groups in total. The van der Waals surface area contributed by atoms with E-state index in [1.807, 2.05) is 0 Å². The van der Waals surface area contributed by atoms with Gasteiger partial charge in [-0.05, 0) is 30.2 Å². The lowest BCUT2D eigenvalue weighted by molar-refractivity contribution is -0.139. The number of methoxy groups -OCH3 is 1. The predicted molar refractivity (Wildman–Crippen MR) is 67.6 cm³/mol. The van der Waals surface area contributed by atoms with Crippen molar-refractivity contribution in [2.45, 2.75) is 18.2 Å². The summed E-state index contributed by atoms with van der Waals surface area (Å²) in [6.45, 7) is 1.72. The Kier molecular flexibility index (Phi) is 4.57. The van der Waals surface area contributed by atoms with E-state index in [9.17, 15) is 13.2 Å². The zero-order valence-corrected chi connectivity index (χ0v) is 12.3. The molecule has 1 aromatic carbocycles. The van der Waals surface area contributed by atoms with Crippen LogP contribution >= 0.6 is 26.6 Å². The Balaban J connectivity index is 3.30. The van der Waals surface area contributed by atoms with Crippen molar-refractivity contribution in [3.05, 3.63) is 27.7 Å². The van der Waals surface area contributed by atoms with Crippen LogP contribution in [0.5, 0.6) is 0 Å². The van der Waals surface area contributed by atoms with Gasteiger partial charge in [-0.15, -0.1) is 0 Å². The molecule has 0 aromatic heterocycles. The van der Waals surface area contributed by atoms with Gasteiger partial charge in [0.1, 0.15) is 0 Å². The molecule has 0 bridgehead atoms. The van der Waals surface area contributed by atoms with E-state index in [1.54, 1.807) is 6.92 Å². The van der Waals surface area contributed by atoms with Crippen LogP contribution in [0.25, 0.3) is 0 Å². The van der Waals surface area contributed by atoms with E-state index in [-0.39, 0.29) is 11.3 Å². The van der Waals surface area contributed by atoms with Crippen molar-refractivity contribution in [2.75, 3.05) is 7.11 Å². The number of carbonyl (C=O) groups is 1. The molecule has 1 aromatic rings. The van der Waals surface area contributed by atoms with Crippen LogP contribution in [0.2, 0.25) is 0 Å². The number of hydrogen-bond acceptors (Lipinski definition) is 4. The quantitative estimate of drug-likeness (QED) is 0.626. The van der Waals surface area contributed by atoms with E-state index < -0.39 is 15.0 Å². The van der Waals surface area contributed by atoms with Gasteiger partial charge >= 0.3 is 5.97 Å². The van der Waals surface area contributed by atoms with Crippen molar-refractivity contribution in [2.24, 2.45) is 0 Å². The van der Waals surface area contributed by atoms with Crippen LogP contribution in [0.4, 0.5) is 0 Å². The minimum atomic E-state index is -3.81. The van der Waals surface area contributed by atoms with Gasteiger partial charge in [-0.2, -0.15) is 0 Å². The van der Waals surface area contributed by atoms with Crippen LogP contribution in [-0.4, -0.2) is 21.5 Å². The highest BCUT2D eigenvalue weighted by Crippen LogP contribution is 2.27. The maximum Gasteiger partial charge on any atom is 0.310 e. The number of hydrogen-bond donors (Lipinski definition) is 0. The lowest BCUT2D eigenvalue weighted by Gasteiger charge is -2.08. The van der Waals surface area contributed by atoms with Gasteiger partial charge in [0.05, 0.1) is 18.4 Å². The summed E-state index contributed by atoms with van der Waals surface area (Å²) >= 11 is 3.29. The van der Waals surface area contributed by atoms with Crippen LogP contribution in [-0.2, 0) is 25.0 Å². The average molecular weight is 342 g/mol. The van der Waals surface area contributed by atoms with Gasteiger partial charge in [0.25, 0.3) is 9.05 Å². The van der Waals surface area contributed by atoms with Crippen molar-refractivity contribution in [3.63, 3.8) is 0 Å². The molecule has 7 heteroatoms. The molecule has 0 heterocycles. The zero-order valence-electron chi connectivity index (χ0n) is 9.16. The third-order valence-electron chi connectivity index (χ3n) is 2.15. The smallest absolute Gasteiger partial charge is 0.310 e. The highest BCUT2D eigenvalue weighted by molar-refractivity contribution is 9.10. The molecule has 0 unspecified atom stereocenters. The minimum absolute atomic E-state index is 0.0157. The number of aryl methyl sites for hydroxylation is 1. The largest absolute Gasteiger partial charge is 0.469 e. The van der Waals surface area contributed by atoms with E-state index in [0.29, 0.717) is 15.6 Å². The number of rotatable bonds is 3. The maximum atomic E-state index is 11.2. The Morgan fingerprint density at radius 2 is 2.06 bits per heavy atom. The fourth-order valence-electron chi connectivity index (χ4n) is 1.30. The summed E-state index contributed by atoms with van der Waals surface area (Å²) in [6.07, 6.45) is -0.0157. The number of esters is 1. The Bertz CT molecular complexity index is 554. The average Bonchev–Trinajstić information content (AvgIpc) is 2.22. The maximum absolute atomic E-state index is 11.2. The molecule has 0 aliphatic carbocycles. The third kappa shape index (κ3) is 3.69. The van der Waals surface area contributed by atoms with Crippen LogP contribution in [0, 0.1) is 6.92 Å². The normalized spacial score (nSPS) is 11.3. The summed E-state index contributed by atoms with van der Waals surface area (Å²) in [5.74, 6) is -0.450. The summed E-state index contributed by atoms with van der Waals surface area (Å²) in [4.78, 5) is 11.2. The first-order valence-electron chi connectivity index (χ1n) is 4.56. The number of ether oxygens (including phenoxy) is 1. The summed E-state index contributed by atoms with van der Waals surface area (Å²) in [5.41, 5.74) is 1.21. The first-order valence-corrected chi connectivity index (χ1v) is 7.66. The Hall–Kier alpha value is -0.590. The zero-order chi connectivity index (χ0) is 13.2. The lowest BCUT2D eigenvalue weighted by atomic mass is 10.1. The molecule has 0 aliphatic rings. The predicted octanol–water partition coefficient (Wildman–Crippen LogP) is 2.40. The van der Waals surface area contributed by atoms with Crippen molar-refractivity contribution < 1.29 is 17.9 Å². The van der Waals surface area contributed by atoms with Gasteiger partial charge in [0.15, 0.2) is 0 Å². The topological polar surface area (TPSA) is 60.4 Å². The fraction of sp³-hybridized carbons (Fsp3) is 0.300.